The van der Waals surface area contributed by atoms with Crippen LogP contribution in [0.2, 0.25) is 0 Å². The molecule has 1 N–H and O–H groups in total. The number of rotatable bonds is 16. The van der Waals surface area contributed by atoms with Crippen LogP contribution >= 0.6 is 0 Å². The lowest BCUT2D eigenvalue weighted by Gasteiger charge is -2.37. The quantitative estimate of drug-likeness (QED) is 0.227. The summed E-state index contributed by atoms with van der Waals surface area (Å²) in [6.07, 6.45) is 15.8. The highest BCUT2D eigenvalue weighted by molar-refractivity contribution is 4.49. The van der Waals surface area contributed by atoms with E-state index in [2.05, 4.69) is 20.8 Å². The van der Waals surface area contributed by atoms with E-state index < -0.39 is 0 Å². The summed E-state index contributed by atoms with van der Waals surface area (Å²) in [5.74, 6) is 0. The van der Waals surface area contributed by atoms with E-state index in [0.29, 0.717) is 6.73 Å². The molecule has 2 heteroatoms. The van der Waals surface area contributed by atoms with Crippen LogP contribution in [0.5, 0.6) is 0 Å². The van der Waals surface area contributed by atoms with E-state index in [9.17, 15) is 5.11 Å². The molecule has 0 aliphatic carbocycles. The topological polar surface area (TPSA) is 20.2 Å². The van der Waals surface area contributed by atoms with E-state index >= 15 is 0 Å². The van der Waals surface area contributed by atoms with Crippen molar-refractivity contribution < 1.29 is 9.59 Å². The normalized spacial score (nSPS) is 12.0. The van der Waals surface area contributed by atoms with Gasteiger partial charge < -0.3 is 9.59 Å². The van der Waals surface area contributed by atoms with Gasteiger partial charge in [0.1, 0.15) is 0 Å². The molecule has 0 atom stereocenters. The molecule has 21 heavy (non-hydrogen) atoms. The molecule has 0 spiro atoms. The van der Waals surface area contributed by atoms with Gasteiger partial charge in [-0.05, 0) is 38.5 Å². The largest absolute Gasteiger partial charge is 0.347 e. The SMILES string of the molecule is CCCCCC[N+](CO)(CCCCCC)CCCCCC. The Morgan fingerprint density at radius 3 is 1.10 bits per heavy atom. The summed E-state index contributed by atoms with van der Waals surface area (Å²) in [7, 11) is 0. The van der Waals surface area contributed by atoms with Crippen LogP contribution < -0.4 is 0 Å². The number of aliphatic hydroxyl groups excluding tert-OH is 1. The number of aliphatic hydroxyl groups is 1. The van der Waals surface area contributed by atoms with Crippen LogP contribution in [0.25, 0.3) is 0 Å². The monoisotopic (exact) mass is 300 g/mol. The Morgan fingerprint density at radius 2 is 0.857 bits per heavy atom. The van der Waals surface area contributed by atoms with Gasteiger partial charge in [-0.3, -0.25) is 0 Å². The van der Waals surface area contributed by atoms with Crippen LogP contribution in [0.3, 0.4) is 0 Å². The molecule has 0 aromatic carbocycles. The predicted molar refractivity (Wildman–Crippen MR) is 94.4 cm³/mol. The van der Waals surface area contributed by atoms with E-state index in [-0.39, 0.29) is 0 Å². The fourth-order valence-corrected chi connectivity index (χ4v) is 3.17. The van der Waals surface area contributed by atoms with Crippen LogP contribution in [-0.4, -0.2) is 36.0 Å². The zero-order valence-corrected chi connectivity index (χ0v) is 15.2. The lowest BCUT2D eigenvalue weighted by molar-refractivity contribution is -0.945. The number of quaternary nitrogens is 1. The maximum atomic E-state index is 10.0. The molecular formula is C19H42NO+. The molecule has 0 aliphatic rings. The van der Waals surface area contributed by atoms with Crippen molar-refractivity contribution in [1.29, 1.82) is 0 Å². The number of nitrogens with zero attached hydrogens (tertiary/aromatic N) is 1. The number of hydrogen-bond donors (Lipinski definition) is 1. The average molecular weight is 301 g/mol. The first-order chi connectivity index (χ1) is 10.2. The summed E-state index contributed by atoms with van der Waals surface area (Å²) >= 11 is 0. The number of unbranched alkanes of at least 4 members (excludes halogenated alkanes) is 9. The summed E-state index contributed by atoms with van der Waals surface area (Å²) < 4.78 is 0.969. The fourth-order valence-electron chi connectivity index (χ4n) is 3.17. The van der Waals surface area contributed by atoms with Crippen LogP contribution in [0.15, 0.2) is 0 Å². The molecule has 2 nitrogen and oxygen atoms in total. The van der Waals surface area contributed by atoms with Gasteiger partial charge in [0.05, 0.1) is 19.6 Å². The predicted octanol–water partition coefficient (Wildman–Crippen LogP) is 5.49. The highest BCUT2D eigenvalue weighted by Gasteiger charge is 2.24. The van der Waals surface area contributed by atoms with Gasteiger partial charge in [0.15, 0.2) is 6.73 Å². The Balaban J connectivity index is 4.22. The fraction of sp³-hybridized carbons (Fsp3) is 1.00. The summed E-state index contributed by atoms with van der Waals surface area (Å²) in [5, 5.41) is 10.0. The van der Waals surface area contributed by atoms with Crippen molar-refractivity contribution >= 4 is 0 Å². The van der Waals surface area contributed by atoms with E-state index in [0.717, 1.165) is 4.48 Å². The van der Waals surface area contributed by atoms with Gasteiger partial charge in [0, 0.05) is 0 Å². The van der Waals surface area contributed by atoms with Crippen molar-refractivity contribution in [3.63, 3.8) is 0 Å². The van der Waals surface area contributed by atoms with Gasteiger partial charge in [-0.25, -0.2) is 0 Å². The second-order valence-electron chi connectivity index (χ2n) is 6.84. The van der Waals surface area contributed by atoms with Gasteiger partial charge in [-0.1, -0.05) is 59.3 Å². The van der Waals surface area contributed by atoms with Gasteiger partial charge in [0.2, 0.25) is 0 Å². The third-order valence-electron chi connectivity index (χ3n) is 4.76. The second-order valence-corrected chi connectivity index (χ2v) is 6.84. The van der Waals surface area contributed by atoms with Crippen LogP contribution in [-0.2, 0) is 0 Å². The zero-order chi connectivity index (χ0) is 15.8. The molecule has 0 unspecified atom stereocenters. The first-order valence-corrected chi connectivity index (χ1v) is 9.70. The lowest BCUT2D eigenvalue weighted by Crippen LogP contribution is -2.50. The summed E-state index contributed by atoms with van der Waals surface area (Å²) in [5.41, 5.74) is 0. The average Bonchev–Trinajstić information content (AvgIpc) is 2.51. The molecular weight excluding hydrogens is 258 g/mol. The van der Waals surface area contributed by atoms with Crippen molar-refractivity contribution in [2.24, 2.45) is 0 Å². The minimum Gasteiger partial charge on any atom is -0.347 e. The molecule has 0 bridgehead atoms. The highest BCUT2D eigenvalue weighted by atomic mass is 16.3. The molecule has 0 amide bonds. The van der Waals surface area contributed by atoms with Gasteiger partial charge in [-0.2, -0.15) is 0 Å². The van der Waals surface area contributed by atoms with Crippen molar-refractivity contribution in [3.05, 3.63) is 0 Å². The van der Waals surface area contributed by atoms with Gasteiger partial charge in [0.25, 0.3) is 0 Å². The smallest absolute Gasteiger partial charge is 0.180 e. The summed E-state index contributed by atoms with van der Waals surface area (Å²) in [6, 6.07) is 0. The van der Waals surface area contributed by atoms with E-state index in [4.69, 9.17) is 0 Å². The Hall–Kier alpha value is -0.0800. The molecule has 0 aliphatic heterocycles. The third-order valence-corrected chi connectivity index (χ3v) is 4.76. The van der Waals surface area contributed by atoms with Crippen LogP contribution in [0.4, 0.5) is 0 Å². The minimum absolute atomic E-state index is 0.352. The second kappa shape index (κ2) is 14.8. The Bertz CT molecular complexity index is 174. The minimum atomic E-state index is 0.352. The van der Waals surface area contributed by atoms with Crippen LogP contribution in [0, 0.1) is 0 Å². The van der Waals surface area contributed by atoms with Crippen molar-refractivity contribution in [2.75, 3.05) is 26.4 Å². The molecule has 0 heterocycles. The summed E-state index contributed by atoms with van der Waals surface area (Å²) in [6.45, 7) is 10.7. The molecule has 0 aromatic rings. The Labute approximate surface area is 134 Å². The third kappa shape index (κ3) is 11.2. The van der Waals surface area contributed by atoms with Crippen molar-refractivity contribution in [3.8, 4) is 0 Å². The Morgan fingerprint density at radius 1 is 0.524 bits per heavy atom. The van der Waals surface area contributed by atoms with E-state index in [1.54, 1.807) is 0 Å². The van der Waals surface area contributed by atoms with E-state index in [1.807, 2.05) is 0 Å². The Kier molecular flexibility index (Phi) is 14.8. The van der Waals surface area contributed by atoms with E-state index in [1.165, 1.54) is 96.7 Å². The summed E-state index contributed by atoms with van der Waals surface area (Å²) in [4.78, 5) is 0. The first-order valence-electron chi connectivity index (χ1n) is 9.70. The molecule has 128 valence electrons. The highest BCUT2D eigenvalue weighted by Crippen LogP contribution is 2.16. The van der Waals surface area contributed by atoms with Gasteiger partial charge in [-0.15, -0.1) is 0 Å². The molecule has 0 aromatic heterocycles. The lowest BCUT2D eigenvalue weighted by atomic mass is 10.1. The number of hydrogen-bond acceptors (Lipinski definition) is 1. The standard InChI is InChI=1S/C19H42NO/c1-4-7-10-13-16-20(19-21,17-14-11-8-5-2)18-15-12-9-6-3/h21H,4-19H2,1-3H3/q+1. The maximum absolute atomic E-state index is 10.0. The maximum Gasteiger partial charge on any atom is 0.180 e. The molecule has 0 saturated carbocycles. The molecule has 0 fully saturated rings. The molecule has 0 saturated heterocycles. The first kappa shape index (κ1) is 20.9. The van der Waals surface area contributed by atoms with Crippen molar-refractivity contribution in [1.82, 2.24) is 0 Å². The van der Waals surface area contributed by atoms with Crippen LogP contribution in [0.1, 0.15) is 97.8 Å². The van der Waals surface area contributed by atoms with Crippen molar-refractivity contribution in [2.45, 2.75) is 97.8 Å². The molecule has 0 rings (SSSR count). The van der Waals surface area contributed by atoms with Gasteiger partial charge >= 0.3 is 0 Å². The zero-order valence-electron chi connectivity index (χ0n) is 15.2. The molecule has 0 radical (unpaired) electrons.